The summed E-state index contributed by atoms with van der Waals surface area (Å²) in [5.41, 5.74) is 3.66. The minimum absolute atomic E-state index is 0.0842. The van der Waals surface area contributed by atoms with Crippen LogP contribution in [0.3, 0.4) is 0 Å². The molecule has 0 N–H and O–H groups in total. The van der Waals surface area contributed by atoms with Crippen LogP contribution in [0.5, 0.6) is 0 Å². The summed E-state index contributed by atoms with van der Waals surface area (Å²) in [5, 5.41) is -0.0842. The number of alkyl halides is 1. The molecule has 100 valence electrons. The number of hydrogen-bond acceptors (Lipinski definition) is 0. The quantitative estimate of drug-likeness (QED) is 0.575. The second-order valence-corrected chi connectivity index (χ2v) is 6.24. The van der Waals surface area contributed by atoms with Gasteiger partial charge in [-0.1, -0.05) is 66.2 Å². The molecule has 0 nitrogen and oxygen atoms in total. The van der Waals surface area contributed by atoms with Crippen LogP contribution in [0.2, 0.25) is 0 Å². The van der Waals surface area contributed by atoms with E-state index in [0.717, 1.165) is 22.0 Å². The third-order valence-corrected chi connectivity index (χ3v) is 4.61. The maximum Gasteiger partial charge on any atom is 0.0835 e. The maximum absolute atomic E-state index is 6.53. The third-order valence-electron chi connectivity index (χ3n) is 3.57. The van der Waals surface area contributed by atoms with Gasteiger partial charge in [0, 0.05) is 4.47 Å². The first-order valence-electron chi connectivity index (χ1n) is 6.61. The van der Waals surface area contributed by atoms with Crippen LogP contribution in [-0.2, 0) is 0 Å². The van der Waals surface area contributed by atoms with Gasteiger partial charge in [0.25, 0.3) is 0 Å². The molecule has 0 fully saturated rings. The van der Waals surface area contributed by atoms with Crippen LogP contribution >= 0.6 is 27.5 Å². The summed E-state index contributed by atoms with van der Waals surface area (Å²) < 4.78 is 1.08. The largest absolute Gasteiger partial charge is 0.113 e. The van der Waals surface area contributed by atoms with Gasteiger partial charge in [-0.2, -0.15) is 0 Å². The van der Waals surface area contributed by atoms with Crippen LogP contribution in [0, 0.1) is 0 Å². The number of benzene rings is 2. The van der Waals surface area contributed by atoms with E-state index in [1.54, 1.807) is 0 Å². The van der Waals surface area contributed by atoms with Gasteiger partial charge >= 0.3 is 0 Å². The Morgan fingerprint density at radius 1 is 0.895 bits per heavy atom. The van der Waals surface area contributed by atoms with Crippen LogP contribution in [0.4, 0.5) is 0 Å². The summed E-state index contributed by atoms with van der Waals surface area (Å²) in [5.74, 6) is 0.607. The van der Waals surface area contributed by atoms with Crippen LogP contribution in [0.1, 0.15) is 48.3 Å². The van der Waals surface area contributed by atoms with Crippen molar-refractivity contribution in [1.29, 1.82) is 0 Å². The van der Waals surface area contributed by atoms with Gasteiger partial charge in [0.05, 0.1) is 5.38 Å². The fraction of sp³-hybridized carbons (Fsp3) is 0.294. The summed E-state index contributed by atoms with van der Waals surface area (Å²) in [6.45, 7) is 4.46. The molecule has 0 aliphatic rings. The number of halogens is 2. The highest BCUT2D eigenvalue weighted by Gasteiger charge is 2.11. The van der Waals surface area contributed by atoms with Gasteiger partial charge < -0.3 is 0 Å². The summed E-state index contributed by atoms with van der Waals surface area (Å²) in [7, 11) is 0. The normalized spacial score (nSPS) is 14.1. The zero-order valence-electron chi connectivity index (χ0n) is 11.2. The first-order chi connectivity index (χ1) is 9.11. The highest BCUT2D eigenvalue weighted by Crippen LogP contribution is 2.30. The molecule has 0 aliphatic carbocycles. The molecule has 0 radical (unpaired) electrons. The lowest BCUT2D eigenvalue weighted by molar-refractivity contribution is 0.733. The fourth-order valence-corrected chi connectivity index (χ4v) is 2.61. The Kier molecular flexibility index (Phi) is 5.06. The fourth-order valence-electron chi connectivity index (χ4n) is 2.05. The second kappa shape index (κ2) is 6.58. The van der Waals surface area contributed by atoms with Gasteiger partial charge in [0.15, 0.2) is 0 Å². The van der Waals surface area contributed by atoms with Crippen LogP contribution in [0.15, 0.2) is 53.0 Å². The molecule has 0 heterocycles. The first kappa shape index (κ1) is 14.6. The lowest BCUT2D eigenvalue weighted by Crippen LogP contribution is -1.95. The molecule has 2 unspecified atom stereocenters. The smallest absolute Gasteiger partial charge is 0.0835 e. The van der Waals surface area contributed by atoms with Crippen molar-refractivity contribution < 1.29 is 0 Å². The monoisotopic (exact) mass is 336 g/mol. The highest BCUT2D eigenvalue weighted by molar-refractivity contribution is 9.10. The molecule has 2 rings (SSSR count). The van der Waals surface area contributed by atoms with E-state index in [1.165, 1.54) is 5.56 Å². The van der Waals surface area contributed by atoms with E-state index in [4.69, 9.17) is 11.6 Å². The minimum atomic E-state index is -0.0842. The molecule has 0 spiro atoms. The highest BCUT2D eigenvalue weighted by atomic mass is 79.9. The Bertz CT molecular complexity index is 516. The molecule has 2 aromatic rings. The third kappa shape index (κ3) is 3.61. The SMILES string of the molecule is CCC(C)c1ccc(C(Cl)c2ccc(Br)cc2)cc1. The molecule has 2 atom stereocenters. The Morgan fingerprint density at radius 3 is 1.79 bits per heavy atom. The Hall–Kier alpha value is -0.790. The molecule has 2 aromatic carbocycles. The van der Waals surface area contributed by atoms with Crippen molar-refractivity contribution in [3.05, 3.63) is 69.7 Å². The number of hydrogen-bond donors (Lipinski definition) is 0. The van der Waals surface area contributed by atoms with E-state index < -0.39 is 0 Å². The molecule has 0 saturated heterocycles. The first-order valence-corrected chi connectivity index (χ1v) is 7.84. The van der Waals surface area contributed by atoms with E-state index in [0.29, 0.717) is 5.92 Å². The number of rotatable bonds is 4. The summed E-state index contributed by atoms with van der Waals surface area (Å²) >= 11 is 9.98. The van der Waals surface area contributed by atoms with Crippen molar-refractivity contribution in [3.63, 3.8) is 0 Å². The second-order valence-electron chi connectivity index (χ2n) is 4.89. The average Bonchev–Trinajstić information content (AvgIpc) is 2.46. The molecule has 2 heteroatoms. The van der Waals surface area contributed by atoms with Gasteiger partial charge in [-0.25, -0.2) is 0 Å². The van der Waals surface area contributed by atoms with Crippen molar-refractivity contribution in [2.45, 2.75) is 31.6 Å². The van der Waals surface area contributed by atoms with E-state index in [-0.39, 0.29) is 5.38 Å². The Labute approximate surface area is 128 Å². The van der Waals surface area contributed by atoms with Gasteiger partial charge in [0.1, 0.15) is 0 Å². The summed E-state index contributed by atoms with van der Waals surface area (Å²) in [4.78, 5) is 0. The van der Waals surface area contributed by atoms with Crippen molar-refractivity contribution in [1.82, 2.24) is 0 Å². The lowest BCUT2D eigenvalue weighted by atomic mass is 9.96. The van der Waals surface area contributed by atoms with E-state index in [1.807, 2.05) is 12.1 Å². The molecule has 0 amide bonds. The van der Waals surface area contributed by atoms with Gasteiger partial charge in [0.2, 0.25) is 0 Å². The molecular formula is C17H18BrCl. The molecule has 0 saturated carbocycles. The summed E-state index contributed by atoms with van der Waals surface area (Å²) in [6, 6.07) is 16.8. The van der Waals surface area contributed by atoms with Gasteiger partial charge in [-0.3, -0.25) is 0 Å². The standard InChI is InChI=1S/C17H18BrCl/c1-3-12(2)13-4-6-14(7-5-13)17(19)15-8-10-16(18)11-9-15/h4-12,17H,3H2,1-2H3. The van der Waals surface area contributed by atoms with Crippen LogP contribution in [-0.4, -0.2) is 0 Å². The van der Waals surface area contributed by atoms with E-state index in [2.05, 4.69) is 66.2 Å². The van der Waals surface area contributed by atoms with E-state index >= 15 is 0 Å². The van der Waals surface area contributed by atoms with Crippen molar-refractivity contribution in [2.24, 2.45) is 0 Å². The molecule has 0 aliphatic heterocycles. The summed E-state index contributed by atoms with van der Waals surface area (Å²) in [6.07, 6.45) is 1.16. The topological polar surface area (TPSA) is 0 Å². The van der Waals surface area contributed by atoms with Gasteiger partial charge in [-0.05, 0) is 41.2 Å². The lowest BCUT2D eigenvalue weighted by Gasteiger charge is -2.13. The minimum Gasteiger partial charge on any atom is -0.113 e. The Balaban J connectivity index is 2.19. The zero-order chi connectivity index (χ0) is 13.8. The molecule has 0 aromatic heterocycles. The van der Waals surface area contributed by atoms with Crippen molar-refractivity contribution in [2.75, 3.05) is 0 Å². The zero-order valence-corrected chi connectivity index (χ0v) is 13.6. The molecule has 19 heavy (non-hydrogen) atoms. The van der Waals surface area contributed by atoms with Crippen LogP contribution < -0.4 is 0 Å². The van der Waals surface area contributed by atoms with Crippen molar-refractivity contribution in [3.8, 4) is 0 Å². The average molecular weight is 338 g/mol. The predicted octanol–water partition coefficient (Wildman–Crippen LogP) is 6.29. The molecular weight excluding hydrogens is 320 g/mol. The Morgan fingerprint density at radius 2 is 1.32 bits per heavy atom. The molecule has 0 bridgehead atoms. The van der Waals surface area contributed by atoms with E-state index in [9.17, 15) is 0 Å². The maximum atomic E-state index is 6.53. The van der Waals surface area contributed by atoms with Crippen LogP contribution in [0.25, 0.3) is 0 Å². The van der Waals surface area contributed by atoms with Gasteiger partial charge in [-0.15, -0.1) is 11.6 Å². The van der Waals surface area contributed by atoms with Crippen molar-refractivity contribution >= 4 is 27.5 Å². The predicted molar refractivity (Wildman–Crippen MR) is 87.0 cm³/mol.